The van der Waals surface area contributed by atoms with Crippen LogP contribution in [0.15, 0.2) is 18.2 Å². The van der Waals surface area contributed by atoms with E-state index in [0.29, 0.717) is 5.92 Å². The van der Waals surface area contributed by atoms with Crippen LogP contribution in [0.3, 0.4) is 0 Å². The zero-order valence-electron chi connectivity index (χ0n) is 9.07. The van der Waals surface area contributed by atoms with Crippen LogP contribution in [0.1, 0.15) is 24.8 Å². The first kappa shape index (κ1) is 10.8. The Balaban J connectivity index is 2.31. The van der Waals surface area contributed by atoms with E-state index >= 15 is 0 Å². The highest BCUT2D eigenvalue weighted by molar-refractivity contribution is 6.30. The minimum atomic E-state index is -0.256. The van der Waals surface area contributed by atoms with E-state index in [0.717, 1.165) is 18.0 Å². The second-order valence-corrected chi connectivity index (χ2v) is 4.80. The fraction of sp³-hybridized carbons (Fsp3) is 0.500. The maximum Gasteiger partial charge on any atom is 0.0518 e. The number of rotatable bonds is 2. The Labute approximate surface area is 95.5 Å². The predicted octanol–water partition coefficient (Wildman–Crippen LogP) is 2.64. The number of anilines is 1. The molecule has 0 bridgehead atoms. The molecule has 0 saturated heterocycles. The number of aliphatic hydroxyl groups excluding tert-OH is 1. The fourth-order valence-corrected chi connectivity index (χ4v) is 2.52. The normalized spacial score (nSPS) is 21.6. The Hall–Kier alpha value is -0.730. The summed E-state index contributed by atoms with van der Waals surface area (Å²) in [5, 5.41) is 10.2. The van der Waals surface area contributed by atoms with Gasteiger partial charge in [-0.15, -0.1) is 0 Å². The summed E-state index contributed by atoms with van der Waals surface area (Å²) in [6.07, 6.45) is 0.547. The largest absolute Gasteiger partial charge is 0.393 e. The zero-order valence-corrected chi connectivity index (χ0v) is 9.83. The van der Waals surface area contributed by atoms with Crippen molar-refractivity contribution in [1.29, 1.82) is 0 Å². The van der Waals surface area contributed by atoms with Gasteiger partial charge >= 0.3 is 0 Å². The van der Waals surface area contributed by atoms with Crippen LogP contribution in [0.2, 0.25) is 5.02 Å². The third kappa shape index (κ3) is 2.11. The van der Waals surface area contributed by atoms with Gasteiger partial charge in [-0.05, 0) is 37.1 Å². The molecular formula is C12H16ClNO. The van der Waals surface area contributed by atoms with Crippen LogP contribution in [-0.4, -0.2) is 24.8 Å². The van der Waals surface area contributed by atoms with E-state index in [1.807, 2.05) is 19.1 Å². The van der Waals surface area contributed by atoms with Gasteiger partial charge in [-0.2, -0.15) is 0 Å². The van der Waals surface area contributed by atoms with Crippen LogP contribution < -0.4 is 4.90 Å². The van der Waals surface area contributed by atoms with Gasteiger partial charge in [-0.25, -0.2) is 0 Å². The number of halogens is 1. The van der Waals surface area contributed by atoms with Crippen LogP contribution in [0.5, 0.6) is 0 Å². The molecule has 2 rings (SSSR count). The first-order chi connectivity index (χ1) is 7.08. The first-order valence-electron chi connectivity index (χ1n) is 5.26. The molecule has 82 valence electrons. The minimum Gasteiger partial charge on any atom is -0.393 e. The summed E-state index contributed by atoms with van der Waals surface area (Å²) >= 11 is 5.99. The molecule has 1 aliphatic heterocycles. The van der Waals surface area contributed by atoms with Crippen molar-refractivity contribution in [2.45, 2.75) is 25.4 Å². The monoisotopic (exact) mass is 225 g/mol. The van der Waals surface area contributed by atoms with Crippen molar-refractivity contribution < 1.29 is 5.11 Å². The Kier molecular flexibility index (Phi) is 2.89. The molecule has 2 atom stereocenters. The van der Waals surface area contributed by atoms with Crippen molar-refractivity contribution in [2.24, 2.45) is 0 Å². The van der Waals surface area contributed by atoms with Crippen molar-refractivity contribution in [1.82, 2.24) is 0 Å². The van der Waals surface area contributed by atoms with Gasteiger partial charge in [-0.1, -0.05) is 11.6 Å². The van der Waals surface area contributed by atoms with Gasteiger partial charge in [0.1, 0.15) is 0 Å². The van der Waals surface area contributed by atoms with Crippen LogP contribution >= 0.6 is 11.6 Å². The van der Waals surface area contributed by atoms with Crippen molar-refractivity contribution in [3.05, 3.63) is 28.8 Å². The molecule has 2 nitrogen and oxygen atoms in total. The lowest BCUT2D eigenvalue weighted by Gasteiger charge is -2.13. The number of nitrogens with zero attached hydrogens (tertiary/aromatic N) is 1. The summed E-state index contributed by atoms with van der Waals surface area (Å²) in [6.45, 7) is 2.81. The molecule has 0 radical (unpaired) electrons. The van der Waals surface area contributed by atoms with Crippen molar-refractivity contribution in [3.63, 3.8) is 0 Å². The quantitative estimate of drug-likeness (QED) is 0.837. The maximum atomic E-state index is 9.44. The smallest absolute Gasteiger partial charge is 0.0518 e. The summed E-state index contributed by atoms with van der Waals surface area (Å²) in [5.41, 5.74) is 2.51. The molecule has 0 spiro atoms. The third-order valence-electron chi connectivity index (χ3n) is 2.96. The zero-order chi connectivity index (χ0) is 11.0. The Morgan fingerprint density at radius 3 is 3.00 bits per heavy atom. The fourth-order valence-electron chi connectivity index (χ4n) is 2.34. The molecule has 15 heavy (non-hydrogen) atoms. The SMILES string of the molecule is CC(O)CC1CN(C)c2ccc(Cl)cc21. The molecule has 2 unspecified atom stereocenters. The molecule has 0 aromatic heterocycles. The highest BCUT2D eigenvalue weighted by atomic mass is 35.5. The maximum absolute atomic E-state index is 9.44. The van der Waals surface area contributed by atoms with Crippen LogP contribution in [0.25, 0.3) is 0 Å². The highest BCUT2D eigenvalue weighted by Crippen LogP contribution is 2.39. The molecular weight excluding hydrogens is 210 g/mol. The number of aliphatic hydroxyl groups is 1. The number of likely N-dealkylation sites (N-methyl/N-ethyl adjacent to an activating group) is 1. The van der Waals surface area contributed by atoms with Crippen molar-refractivity contribution in [3.8, 4) is 0 Å². The Bertz CT molecular complexity index is 363. The summed E-state index contributed by atoms with van der Waals surface area (Å²) in [6, 6.07) is 5.99. The molecule has 0 amide bonds. The van der Waals surface area contributed by atoms with Gasteiger partial charge in [0, 0.05) is 30.2 Å². The molecule has 0 fully saturated rings. The molecule has 3 heteroatoms. The highest BCUT2D eigenvalue weighted by Gasteiger charge is 2.27. The van der Waals surface area contributed by atoms with E-state index in [2.05, 4.69) is 18.0 Å². The lowest BCUT2D eigenvalue weighted by atomic mass is 9.96. The number of hydrogen-bond donors (Lipinski definition) is 1. The van der Waals surface area contributed by atoms with E-state index in [4.69, 9.17) is 11.6 Å². The molecule has 0 saturated carbocycles. The molecule has 1 aromatic rings. The Morgan fingerprint density at radius 1 is 1.60 bits per heavy atom. The molecule has 1 heterocycles. The van der Waals surface area contributed by atoms with Gasteiger partial charge in [0.25, 0.3) is 0 Å². The third-order valence-corrected chi connectivity index (χ3v) is 3.20. The number of benzene rings is 1. The van der Waals surface area contributed by atoms with Crippen LogP contribution in [-0.2, 0) is 0 Å². The van der Waals surface area contributed by atoms with Crippen LogP contribution in [0.4, 0.5) is 5.69 Å². The van der Waals surface area contributed by atoms with E-state index in [9.17, 15) is 5.11 Å². The van der Waals surface area contributed by atoms with Crippen molar-refractivity contribution in [2.75, 3.05) is 18.5 Å². The summed E-state index contributed by atoms with van der Waals surface area (Å²) < 4.78 is 0. The molecule has 1 aromatic carbocycles. The summed E-state index contributed by atoms with van der Waals surface area (Å²) in [7, 11) is 2.08. The Morgan fingerprint density at radius 2 is 2.33 bits per heavy atom. The molecule has 1 N–H and O–H groups in total. The lowest BCUT2D eigenvalue weighted by molar-refractivity contribution is 0.176. The topological polar surface area (TPSA) is 23.5 Å². The second-order valence-electron chi connectivity index (χ2n) is 4.37. The van der Waals surface area contributed by atoms with E-state index in [1.54, 1.807) is 0 Å². The van der Waals surface area contributed by atoms with E-state index in [1.165, 1.54) is 11.3 Å². The average molecular weight is 226 g/mol. The summed E-state index contributed by atoms with van der Waals surface area (Å²) in [5.74, 6) is 0.406. The standard InChI is InChI=1S/C12H16ClNO/c1-8(15)5-9-7-14(2)12-4-3-10(13)6-11(9)12/h3-4,6,8-9,15H,5,7H2,1-2H3. The number of fused-ring (bicyclic) bond motifs is 1. The number of hydrogen-bond acceptors (Lipinski definition) is 2. The van der Waals surface area contributed by atoms with Gasteiger partial charge < -0.3 is 10.0 Å². The van der Waals surface area contributed by atoms with Crippen molar-refractivity contribution >= 4 is 17.3 Å². The van der Waals surface area contributed by atoms with Crippen LogP contribution in [0, 0.1) is 0 Å². The second kappa shape index (κ2) is 4.03. The van der Waals surface area contributed by atoms with E-state index < -0.39 is 0 Å². The summed E-state index contributed by atoms with van der Waals surface area (Å²) in [4.78, 5) is 2.22. The van der Waals surface area contributed by atoms with Gasteiger partial charge in [0.05, 0.1) is 6.10 Å². The van der Waals surface area contributed by atoms with Gasteiger partial charge in [0.2, 0.25) is 0 Å². The minimum absolute atomic E-state index is 0.256. The lowest BCUT2D eigenvalue weighted by Crippen LogP contribution is -2.17. The van der Waals surface area contributed by atoms with Gasteiger partial charge in [0.15, 0.2) is 0 Å². The molecule has 1 aliphatic rings. The average Bonchev–Trinajstić information content (AvgIpc) is 2.42. The first-order valence-corrected chi connectivity index (χ1v) is 5.64. The van der Waals surface area contributed by atoms with Gasteiger partial charge in [-0.3, -0.25) is 0 Å². The molecule has 0 aliphatic carbocycles. The predicted molar refractivity (Wildman–Crippen MR) is 63.8 cm³/mol. The van der Waals surface area contributed by atoms with E-state index in [-0.39, 0.29) is 6.10 Å².